The highest BCUT2D eigenvalue weighted by Gasteiger charge is 2.19. The molecule has 0 saturated carbocycles. The Morgan fingerprint density at radius 1 is 1.29 bits per heavy atom. The van der Waals surface area contributed by atoms with Crippen molar-refractivity contribution in [3.63, 3.8) is 0 Å². The van der Waals surface area contributed by atoms with Crippen LogP contribution >= 0.6 is 11.6 Å². The third kappa shape index (κ3) is 3.71. The molecule has 2 rings (SSSR count). The van der Waals surface area contributed by atoms with Gasteiger partial charge in [0.05, 0.1) is 16.9 Å². The summed E-state index contributed by atoms with van der Waals surface area (Å²) >= 11 is 5.96. The summed E-state index contributed by atoms with van der Waals surface area (Å²) in [5.41, 5.74) is 1.23. The van der Waals surface area contributed by atoms with E-state index in [1.807, 2.05) is 6.07 Å². The average Bonchev–Trinajstić information content (AvgIpc) is 2.52. The van der Waals surface area contributed by atoms with Gasteiger partial charge in [-0.05, 0) is 36.4 Å². The lowest BCUT2D eigenvalue weighted by Gasteiger charge is -2.24. The van der Waals surface area contributed by atoms with Crippen LogP contribution in [0.3, 0.4) is 0 Å². The van der Waals surface area contributed by atoms with E-state index in [-0.39, 0.29) is 0 Å². The van der Waals surface area contributed by atoms with Gasteiger partial charge in [-0.2, -0.15) is 5.26 Å². The van der Waals surface area contributed by atoms with Crippen molar-refractivity contribution in [2.24, 2.45) is 5.29 Å². The zero-order valence-electron chi connectivity index (χ0n) is 11.2. The van der Waals surface area contributed by atoms with E-state index in [4.69, 9.17) is 21.6 Å². The molecular weight excluding hydrogens is 290 g/mol. The number of hydrogen-bond donors (Lipinski definition) is 0. The maximum Gasteiger partial charge on any atom is 0.215 e. The van der Waals surface area contributed by atoms with Crippen LogP contribution in [0.5, 0.6) is 5.75 Å². The van der Waals surface area contributed by atoms with Crippen LogP contribution in [0, 0.1) is 16.2 Å². The molecule has 0 aliphatic heterocycles. The van der Waals surface area contributed by atoms with Gasteiger partial charge in [-0.1, -0.05) is 23.7 Å². The highest BCUT2D eigenvalue weighted by Crippen LogP contribution is 2.26. The third-order valence-electron chi connectivity index (χ3n) is 2.83. The minimum atomic E-state index is -0.700. The number of nitroso groups, excluding NO2 is 1. The summed E-state index contributed by atoms with van der Waals surface area (Å²) in [7, 11) is 1.52. The van der Waals surface area contributed by atoms with E-state index in [0.29, 0.717) is 21.9 Å². The summed E-state index contributed by atoms with van der Waals surface area (Å²) in [5, 5.41) is 13.4. The molecule has 1 atom stereocenters. The van der Waals surface area contributed by atoms with Crippen molar-refractivity contribution in [3.8, 4) is 11.8 Å². The van der Waals surface area contributed by atoms with Crippen LogP contribution in [-0.2, 0) is 0 Å². The molecule has 0 saturated heterocycles. The Bertz CT molecular complexity index is 667. The second kappa shape index (κ2) is 6.73. The van der Waals surface area contributed by atoms with E-state index in [9.17, 15) is 4.91 Å². The number of rotatable bonds is 5. The van der Waals surface area contributed by atoms with Crippen LogP contribution in [0.1, 0.15) is 17.4 Å². The molecule has 0 amide bonds. The molecule has 0 aliphatic rings. The molecule has 2 aromatic rings. The van der Waals surface area contributed by atoms with Crippen LogP contribution in [-0.4, -0.2) is 12.1 Å². The van der Waals surface area contributed by atoms with Crippen LogP contribution < -0.4 is 4.74 Å². The molecule has 1 unspecified atom stereocenters. The van der Waals surface area contributed by atoms with Gasteiger partial charge in [0.1, 0.15) is 5.75 Å². The van der Waals surface area contributed by atoms with E-state index in [1.165, 1.54) is 7.05 Å². The first-order valence-corrected chi connectivity index (χ1v) is 6.50. The maximum atomic E-state index is 10.8. The van der Waals surface area contributed by atoms with Gasteiger partial charge in [-0.15, -0.1) is 4.91 Å². The Kier molecular flexibility index (Phi) is 4.75. The Hall–Kier alpha value is -2.58. The normalized spacial score (nSPS) is 11.3. The van der Waals surface area contributed by atoms with Gasteiger partial charge in [-0.3, -0.25) is 0 Å². The van der Waals surface area contributed by atoms with Crippen molar-refractivity contribution in [2.75, 3.05) is 7.05 Å². The van der Waals surface area contributed by atoms with Crippen molar-refractivity contribution < 1.29 is 4.74 Å². The Morgan fingerprint density at radius 2 is 2.00 bits per heavy atom. The molecule has 0 N–H and O–H groups in total. The van der Waals surface area contributed by atoms with E-state index >= 15 is 0 Å². The average molecular weight is 302 g/mol. The third-order valence-corrected chi connectivity index (χ3v) is 3.07. The summed E-state index contributed by atoms with van der Waals surface area (Å²) in [5.74, 6) is 0.523. The molecule has 5 nitrogen and oxygen atoms in total. The second-order valence-electron chi connectivity index (χ2n) is 4.32. The molecule has 0 aliphatic carbocycles. The zero-order valence-corrected chi connectivity index (χ0v) is 12.0. The van der Waals surface area contributed by atoms with Crippen LogP contribution in [0.15, 0.2) is 53.8 Å². The Balaban J connectivity index is 2.28. The summed E-state index contributed by atoms with van der Waals surface area (Å²) in [6, 6.07) is 15.6. The highest BCUT2D eigenvalue weighted by molar-refractivity contribution is 6.30. The van der Waals surface area contributed by atoms with Gasteiger partial charge in [0.15, 0.2) is 0 Å². The van der Waals surface area contributed by atoms with Crippen LogP contribution in [0.4, 0.5) is 0 Å². The lowest BCUT2D eigenvalue weighted by molar-refractivity contribution is 0.0445. The molecular formula is C15H12ClN3O2. The first kappa shape index (κ1) is 14.8. The summed E-state index contributed by atoms with van der Waals surface area (Å²) < 4.78 is 5.77. The first-order chi connectivity index (χ1) is 10.1. The summed E-state index contributed by atoms with van der Waals surface area (Å²) in [6.45, 7) is 0. The molecule has 6 heteroatoms. The lowest BCUT2D eigenvalue weighted by atomic mass is 10.2. The van der Waals surface area contributed by atoms with E-state index in [2.05, 4.69) is 5.29 Å². The zero-order chi connectivity index (χ0) is 15.2. The predicted octanol–water partition coefficient (Wildman–Crippen LogP) is 3.90. The van der Waals surface area contributed by atoms with E-state index in [0.717, 1.165) is 5.01 Å². The fourth-order valence-electron chi connectivity index (χ4n) is 1.80. The SMILES string of the molecule is CN(N=O)C(Oc1ccc(C#N)cc1)c1cccc(Cl)c1. The van der Waals surface area contributed by atoms with Crippen molar-refractivity contribution in [1.29, 1.82) is 5.26 Å². The van der Waals surface area contributed by atoms with Gasteiger partial charge in [0, 0.05) is 17.6 Å². The number of benzene rings is 2. The number of halogens is 1. The molecule has 0 bridgehead atoms. The highest BCUT2D eigenvalue weighted by atomic mass is 35.5. The molecule has 2 aromatic carbocycles. The minimum absolute atomic E-state index is 0.523. The largest absolute Gasteiger partial charge is 0.465 e. The molecule has 0 spiro atoms. The minimum Gasteiger partial charge on any atom is -0.465 e. The summed E-state index contributed by atoms with van der Waals surface area (Å²) in [6.07, 6.45) is -0.700. The number of ether oxygens (including phenoxy) is 1. The van der Waals surface area contributed by atoms with E-state index in [1.54, 1.807) is 48.5 Å². The van der Waals surface area contributed by atoms with Crippen molar-refractivity contribution in [1.82, 2.24) is 5.01 Å². The molecule has 106 valence electrons. The van der Waals surface area contributed by atoms with Gasteiger partial charge in [0.2, 0.25) is 6.23 Å². The molecule has 21 heavy (non-hydrogen) atoms. The smallest absolute Gasteiger partial charge is 0.215 e. The fraction of sp³-hybridized carbons (Fsp3) is 0.133. The number of nitriles is 1. The van der Waals surface area contributed by atoms with Gasteiger partial charge < -0.3 is 4.74 Å². The monoisotopic (exact) mass is 301 g/mol. The van der Waals surface area contributed by atoms with Gasteiger partial charge >= 0.3 is 0 Å². The Morgan fingerprint density at radius 3 is 2.57 bits per heavy atom. The molecule has 0 heterocycles. The number of hydrogen-bond acceptors (Lipinski definition) is 4. The lowest BCUT2D eigenvalue weighted by Crippen LogP contribution is -2.24. The topological polar surface area (TPSA) is 65.7 Å². The van der Waals surface area contributed by atoms with Crippen molar-refractivity contribution in [3.05, 3.63) is 69.6 Å². The molecule has 0 aromatic heterocycles. The second-order valence-corrected chi connectivity index (χ2v) is 4.75. The standard InChI is InChI=1S/C15H12ClN3O2/c1-19(18-20)15(12-3-2-4-13(16)9-12)21-14-7-5-11(10-17)6-8-14/h2-9,15H,1H3. The van der Waals surface area contributed by atoms with Crippen molar-refractivity contribution in [2.45, 2.75) is 6.23 Å². The Labute approximate surface area is 127 Å². The quantitative estimate of drug-likeness (QED) is 0.477. The van der Waals surface area contributed by atoms with Gasteiger partial charge in [-0.25, -0.2) is 5.01 Å². The van der Waals surface area contributed by atoms with Gasteiger partial charge in [0.25, 0.3) is 0 Å². The predicted molar refractivity (Wildman–Crippen MR) is 79.5 cm³/mol. The van der Waals surface area contributed by atoms with Crippen LogP contribution in [0.2, 0.25) is 5.02 Å². The van der Waals surface area contributed by atoms with E-state index < -0.39 is 6.23 Å². The first-order valence-electron chi connectivity index (χ1n) is 6.12. The maximum absolute atomic E-state index is 10.8. The fourth-order valence-corrected chi connectivity index (χ4v) is 2.00. The number of nitrogens with zero attached hydrogens (tertiary/aromatic N) is 3. The molecule has 0 radical (unpaired) electrons. The van der Waals surface area contributed by atoms with Crippen LogP contribution in [0.25, 0.3) is 0 Å². The summed E-state index contributed by atoms with van der Waals surface area (Å²) in [4.78, 5) is 10.8. The molecule has 0 fully saturated rings. The van der Waals surface area contributed by atoms with Crippen molar-refractivity contribution >= 4 is 11.6 Å².